The van der Waals surface area contributed by atoms with Gasteiger partial charge in [-0.25, -0.2) is 0 Å². The molecule has 0 radical (unpaired) electrons. The number of primary amides is 1. The van der Waals surface area contributed by atoms with Crippen LogP contribution in [0.25, 0.3) is 0 Å². The topological polar surface area (TPSA) is 75.8 Å². The van der Waals surface area contributed by atoms with Crippen molar-refractivity contribution >= 4 is 5.91 Å². The fraction of sp³-hybridized carbons (Fsp3) is 0.900. The van der Waals surface area contributed by atoms with Gasteiger partial charge in [-0.1, -0.05) is 6.92 Å². The van der Waals surface area contributed by atoms with Gasteiger partial charge in [0.2, 0.25) is 5.91 Å². The third-order valence-electron chi connectivity index (χ3n) is 2.80. The monoisotopic (exact) mass is 216 g/mol. The maximum atomic E-state index is 11.1. The Labute approximate surface area is 90.2 Å². The average molecular weight is 216 g/mol. The number of amides is 1. The van der Waals surface area contributed by atoms with Crippen LogP contribution in [0.4, 0.5) is 0 Å². The largest absolute Gasteiger partial charge is 0.395 e. The molecule has 0 spiro atoms. The molecule has 0 aliphatic carbocycles. The summed E-state index contributed by atoms with van der Waals surface area (Å²) in [5.74, 6) is -0.431. The molecule has 3 N–H and O–H groups in total. The lowest BCUT2D eigenvalue weighted by Crippen LogP contribution is -2.55. The van der Waals surface area contributed by atoms with Gasteiger partial charge in [0.05, 0.1) is 12.7 Å². The van der Waals surface area contributed by atoms with E-state index in [-0.39, 0.29) is 18.8 Å². The molecule has 1 fully saturated rings. The Morgan fingerprint density at radius 3 is 2.80 bits per heavy atom. The highest BCUT2D eigenvalue weighted by atomic mass is 16.5. The normalized spacial score (nSPS) is 30.1. The van der Waals surface area contributed by atoms with Crippen LogP contribution in [-0.4, -0.2) is 53.9 Å². The second kappa shape index (κ2) is 5.44. The van der Waals surface area contributed by atoms with Crippen LogP contribution in [0.15, 0.2) is 0 Å². The Balaban J connectivity index is 2.61. The van der Waals surface area contributed by atoms with E-state index in [0.717, 1.165) is 13.0 Å². The number of rotatable bonds is 4. The molecule has 1 amide bonds. The number of aliphatic hydroxyl groups is 1. The Morgan fingerprint density at radius 1 is 1.67 bits per heavy atom. The van der Waals surface area contributed by atoms with Gasteiger partial charge in [0.15, 0.2) is 0 Å². The van der Waals surface area contributed by atoms with Crippen molar-refractivity contribution in [2.75, 3.05) is 19.7 Å². The van der Waals surface area contributed by atoms with Crippen molar-refractivity contribution < 1.29 is 14.6 Å². The highest BCUT2D eigenvalue weighted by Gasteiger charge is 2.31. The predicted octanol–water partition coefficient (Wildman–Crippen LogP) is -0.668. The van der Waals surface area contributed by atoms with Crippen LogP contribution in [0.3, 0.4) is 0 Å². The van der Waals surface area contributed by atoms with Gasteiger partial charge >= 0.3 is 0 Å². The third kappa shape index (κ3) is 3.15. The quantitative estimate of drug-likeness (QED) is 0.653. The summed E-state index contributed by atoms with van der Waals surface area (Å²) in [5.41, 5.74) is 5.22. The Hall–Kier alpha value is -0.650. The molecule has 1 saturated heterocycles. The highest BCUT2D eigenvalue weighted by Crippen LogP contribution is 2.15. The molecular weight excluding hydrogens is 196 g/mol. The van der Waals surface area contributed by atoms with Crippen LogP contribution in [-0.2, 0) is 9.53 Å². The maximum Gasteiger partial charge on any atom is 0.247 e. The Morgan fingerprint density at radius 2 is 2.33 bits per heavy atom. The first kappa shape index (κ1) is 12.4. The molecule has 5 nitrogen and oxygen atoms in total. The second-order valence-corrected chi connectivity index (χ2v) is 4.04. The molecule has 88 valence electrons. The van der Waals surface area contributed by atoms with Crippen molar-refractivity contribution in [1.82, 2.24) is 4.90 Å². The number of aliphatic hydroxyl groups excluding tert-OH is 1. The Kier molecular flexibility index (Phi) is 4.50. The van der Waals surface area contributed by atoms with Crippen molar-refractivity contribution in [3.8, 4) is 0 Å². The summed E-state index contributed by atoms with van der Waals surface area (Å²) in [6.07, 6.45) is 0.292. The molecular formula is C10H20N2O3. The van der Waals surface area contributed by atoms with Crippen LogP contribution in [0.5, 0.6) is 0 Å². The van der Waals surface area contributed by atoms with Gasteiger partial charge in [0, 0.05) is 19.1 Å². The van der Waals surface area contributed by atoms with E-state index in [9.17, 15) is 9.90 Å². The van der Waals surface area contributed by atoms with Crippen molar-refractivity contribution in [2.45, 2.75) is 38.5 Å². The van der Waals surface area contributed by atoms with Crippen LogP contribution in [0.1, 0.15) is 20.3 Å². The van der Waals surface area contributed by atoms with Gasteiger partial charge in [-0.3, -0.25) is 9.69 Å². The van der Waals surface area contributed by atoms with Gasteiger partial charge in [-0.2, -0.15) is 0 Å². The van der Waals surface area contributed by atoms with E-state index in [2.05, 4.69) is 4.90 Å². The predicted molar refractivity (Wildman–Crippen MR) is 56.3 cm³/mol. The van der Waals surface area contributed by atoms with Crippen molar-refractivity contribution in [1.29, 1.82) is 0 Å². The smallest absolute Gasteiger partial charge is 0.247 e. The molecule has 1 aliphatic heterocycles. The number of carbonyl (C=O) groups excluding carboxylic acids is 1. The number of ether oxygens (including phenoxy) is 1. The highest BCUT2D eigenvalue weighted by molar-refractivity contribution is 5.79. The molecule has 1 heterocycles. The summed E-state index contributed by atoms with van der Waals surface area (Å²) in [5, 5.41) is 9.19. The van der Waals surface area contributed by atoms with Crippen LogP contribution < -0.4 is 5.73 Å². The minimum absolute atomic E-state index is 0.0168. The lowest BCUT2D eigenvalue weighted by Gasteiger charge is -2.39. The molecule has 0 aromatic carbocycles. The van der Waals surface area contributed by atoms with Crippen LogP contribution in [0, 0.1) is 0 Å². The van der Waals surface area contributed by atoms with E-state index in [0.29, 0.717) is 6.54 Å². The zero-order valence-electron chi connectivity index (χ0n) is 9.35. The fourth-order valence-corrected chi connectivity index (χ4v) is 1.94. The Bertz CT molecular complexity index is 219. The molecule has 5 heteroatoms. The number of morpholine rings is 1. The molecule has 0 saturated carbocycles. The minimum Gasteiger partial charge on any atom is -0.395 e. The van der Waals surface area contributed by atoms with Crippen LogP contribution >= 0.6 is 0 Å². The van der Waals surface area contributed by atoms with E-state index in [4.69, 9.17) is 10.5 Å². The first-order valence-corrected chi connectivity index (χ1v) is 5.38. The van der Waals surface area contributed by atoms with Crippen molar-refractivity contribution in [3.63, 3.8) is 0 Å². The first-order valence-electron chi connectivity index (χ1n) is 5.38. The number of nitrogens with zero attached hydrogens (tertiary/aromatic N) is 1. The van der Waals surface area contributed by atoms with Gasteiger partial charge < -0.3 is 15.6 Å². The number of hydrogen-bond donors (Lipinski definition) is 2. The summed E-state index contributed by atoms with van der Waals surface area (Å²) in [6.45, 7) is 5.25. The lowest BCUT2D eigenvalue weighted by molar-refractivity contribution is -0.145. The fourth-order valence-electron chi connectivity index (χ4n) is 1.94. The lowest BCUT2D eigenvalue weighted by atomic mass is 10.1. The molecule has 0 aromatic heterocycles. The average Bonchev–Trinajstić information content (AvgIpc) is 2.18. The zero-order valence-corrected chi connectivity index (χ0v) is 9.35. The summed E-state index contributed by atoms with van der Waals surface area (Å²) in [4.78, 5) is 13.1. The maximum absolute atomic E-state index is 11.1. The standard InChI is InChI=1S/C10H20N2O3/c1-3-8(6-13)12-4-7(2)15-9(5-12)10(11)14/h7-9,13H,3-6H2,1-2H3,(H2,11,14)/t7?,8-,9?/m0/s1. The van der Waals surface area contributed by atoms with E-state index < -0.39 is 12.0 Å². The molecule has 15 heavy (non-hydrogen) atoms. The van der Waals surface area contributed by atoms with Gasteiger partial charge in [0.1, 0.15) is 6.10 Å². The van der Waals surface area contributed by atoms with Gasteiger partial charge in [-0.05, 0) is 13.3 Å². The van der Waals surface area contributed by atoms with Crippen molar-refractivity contribution in [2.24, 2.45) is 5.73 Å². The van der Waals surface area contributed by atoms with Crippen molar-refractivity contribution in [3.05, 3.63) is 0 Å². The number of carbonyl (C=O) groups is 1. The SMILES string of the molecule is CC[C@@H](CO)N1CC(C)OC(C(N)=O)C1. The molecule has 0 bridgehead atoms. The van der Waals surface area contributed by atoms with Crippen LogP contribution in [0.2, 0.25) is 0 Å². The van der Waals surface area contributed by atoms with E-state index in [1.54, 1.807) is 0 Å². The number of nitrogens with two attached hydrogens (primary N) is 1. The third-order valence-corrected chi connectivity index (χ3v) is 2.80. The second-order valence-electron chi connectivity index (χ2n) is 4.04. The van der Waals surface area contributed by atoms with E-state index >= 15 is 0 Å². The minimum atomic E-state index is -0.547. The van der Waals surface area contributed by atoms with Gasteiger partial charge in [0.25, 0.3) is 0 Å². The summed E-state index contributed by atoms with van der Waals surface area (Å²) in [7, 11) is 0. The number of hydrogen-bond acceptors (Lipinski definition) is 4. The van der Waals surface area contributed by atoms with Gasteiger partial charge in [-0.15, -0.1) is 0 Å². The summed E-state index contributed by atoms with van der Waals surface area (Å²) >= 11 is 0. The summed E-state index contributed by atoms with van der Waals surface area (Å²) < 4.78 is 5.42. The molecule has 3 atom stereocenters. The van der Waals surface area contributed by atoms with E-state index in [1.807, 2.05) is 13.8 Å². The van der Waals surface area contributed by atoms with E-state index in [1.165, 1.54) is 0 Å². The summed E-state index contributed by atoms with van der Waals surface area (Å²) in [6, 6.07) is 0.0956. The molecule has 1 aliphatic rings. The molecule has 1 rings (SSSR count). The zero-order chi connectivity index (χ0) is 11.4. The first-order chi connectivity index (χ1) is 7.08. The molecule has 2 unspecified atom stereocenters. The molecule has 0 aromatic rings.